The fourth-order valence-corrected chi connectivity index (χ4v) is 8.96. The molecule has 1 aliphatic heterocycles. The van der Waals surface area contributed by atoms with E-state index in [1.165, 1.54) is 6.92 Å². The van der Waals surface area contributed by atoms with E-state index < -0.39 is 46.4 Å². The Morgan fingerprint density at radius 2 is 1.76 bits per heavy atom. The number of halogens is 3. The van der Waals surface area contributed by atoms with Crippen molar-refractivity contribution in [3.63, 3.8) is 0 Å². The van der Waals surface area contributed by atoms with E-state index in [0.29, 0.717) is 6.54 Å². The summed E-state index contributed by atoms with van der Waals surface area (Å²) in [6, 6.07) is 0. The van der Waals surface area contributed by atoms with Gasteiger partial charge in [0.25, 0.3) is 0 Å². The molecule has 2 unspecified atom stereocenters. The number of carbonyl (C=O) groups is 3. The van der Waals surface area contributed by atoms with Crippen molar-refractivity contribution >= 4 is 17.8 Å². The molecule has 1 N–H and O–H groups in total. The Kier molecular flexibility index (Phi) is 8.80. The van der Waals surface area contributed by atoms with Gasteiger partial charge in [0.1, 0.15) is 11.9 Å². The number of rotatable bonds is 4. The molecule has 1 saturated heterocycles. The van der Waals surface area contributed by atoms with Crippen molar-refractivity contribution in [1.82, 2.24) is 10.2 Å². The molecule has 3 aliphatic carbocycles. The summed E-state index contributed by atoms with van der Waals surface area (Å²) in [5.41, 5.74) is -2.70. The van der Waals surface area contributed by atoms with Crippen molar-refractivity contribution < 1.29 is 37.0 Å². The number of piperidine rings is 1. The molecular formula is C31H47F3N2O5. The third-order valence-electron chi connectivity index (χ3n) is 11.7. The van der Waals surface area contributed by atoms with E-state index in [2.05, 4.69) is 12.2 Å². The number of alkyl halides is 3. The molecule has 232 valence electrons. The van der Waals surface area contributed by atoms with Crippen LogP contribution in [0.1, 0.15) is 73.1 Å². The van der Waals surface area contributed by atoms with Crippen molar-refractivity contribution in [2.45, 2.75) is 91.5 Å². The largest absolute Gasteiger partial charge is 0.445 e. The number of allylic oxidation sites excluding steroid dienone is 2. The van der Waals surface area contributed by atoms with Gasteiger partial charge in [0.2, 0.25) is 5.91 Å². The van der Waals surface area contributed by atoms with Crippen LogP contribution in [0.15, 0.2) is 12.2 Å². The van der Waals surface area contributed by atoms with Crippen molar-refractivity contribution in [1.29, 1.82) is 0 Å². The summed E-state index contributed by atoms with van der Waals surface area (Å²) in [7, 11) is 3.58. The molecule has 4 aliphatic rings. The Morgan fingerprint density at radius 1 is 1.10 bits per heavy atom. The highest BCUT2D eigenvalue weighted by Gasteiger charge is 2.68. The number of hydrogen-bond acceptors (Lipinski definition) is 6. The van der Waals surface area contributed by atoms with Crippen LogP contribution in [0, 0.1) is 45.8 Å². The van der Waals surface area contributed by atoms with Crippen LogP contribution in [-0.2, 0) is 19.1 Å². The molecule has 1 heterocycles. The highest BCUT2D eigenvalue weighted by atomic mass is 19.4. The Morgan fingerprint density at radius 3 is 2.39 bits per heavy atom. The third kappa shape index (κ3) is 5.71. The van der Waals surface area contributed by atoms with Gasteiger partial charge in [0.15, 0.2) is 0 Å². The molecule has 2 amide bonds. The van der Waals surface area contributed by atoms with Gasteiger partial charge >= 0.3 is 12.3 Å². The van der Waals surface area contributed by atoms with Crippen LogP contribution in [0.2, 0.25) is 0 Å². The van der Waals surface area contributed by atoms with E-state index >= 15 is 0 Å². The number of ether oxygens (including phenoxy) is 2. The fourth-order valence-electron chi connectivity index (χ4n) is 8.96. The van der Waals surface area contributed by atoms with Crippen molar-refractivity contribution in [3.8, 4) is 0 Å². The molecule has 2 bridgehead atoms. The zero-order valence-electron chi connectivity index (χ0n) is 25.5. The van der Waals surface area contributed by atoms with Gasteiger partial charge in [-0.1, -0.05) is 33.8 Å². The lowest BCUT2D eigenvalue weighted by molar-refractivity contribution is -0.189. The quantitative estimate of drug-likeness (QED) is 0.422. The number of amides is 2. The zero-order chi connectivity index (χ0) is 30.5. The van der Waals surface area contributed by atoms with E-state index in [-0.39, 0.29) is 48.1 Å². The minimum Gasteiger partial charge on any atom is -0.445 e. The summed E-state index contributed by atoms with van der Waals surface area (Å²) in [5.74, 6) is -1.59. The second-order valence-electron chi connectivity index (χ2n) is 13.9. The van der Waals surface area contributed by atoms with E-state index in [4.69, 9.17) is 9.47 Å². The summed E-state index contributed by atoms with van der Waals surface area (Å²) in [6.45, 7) is 10.9. The number of nitrogens with one attached hydrogen (secondary N) is 1. The van der Waals surface area contributed by atoms with Crippen molar-refractivity contribution in [2.24, 2.45) is 45.8 Å². The Balaban J connectivity index is 1.74. The first-order chi connectivity index (χ1) is 19.0. The highest BCUT2D eigenvalue weighted by Crippen LogP contribution is 2.68. The zero-order valence-corrected chi connectivity index (χ0v) is 25.5. The van der Waals surface area contributed by atoms with E-state index in [1.54, 1.807) is 7.11 Å². The standard InChI is InChI=1S/C31H47F3N2O5/c1-18-10-15-36(6)17-21(18)26(38)35-27(39)41-23-16-28(4,13-14-31(32,33)34)25(37)20(3)30-11-8-19(2)29(23,5)24(30)22(40-7)9-12-30/h13-14,18-24H,8-12,15-17H2,1-7H3,(H,35,38,39)/t18-,19+,20-,21-,22+,23+,24?,28+,29-,30?/m0/s1. The van der Waals surface area contributed by atoms with Crippen LogP contribution in [0.4, 0.5) is 18.0 Å². The van der Waals surface area contributed by atoms with Crippen molar-refractivity contribution in [3.05, 3.63) is 12.2 Å². The normalized spacial score (nSPS) is 43.8. The first-order valence-corrected chi connectivity index (χ1v) is 15.0. The maximum atomic E-state index is 14.2. The SMILES string of the molecule is CO[C@@H]1CCC23CC[C@@H](C)[C@](C)(C12)[C@H](OC(=O)NC(=O)[C@H]1CN(C)CC[C@@H]1C)C[C@@](C)(C=CC(F)(F)F)C(=O)[C@@H]3C. The minimum atomic E-state index is -4.60. The lowest BCUT2D eigenvalue weighted by Gasteiger charge is -2.61. The summed E-state index contributed by atoms with van der Waals surface area (Å²) < 4.78 is 52.3. The molecule has 4 rings (SSSR count). The highest BCUT2D eigenvalue weighted by molar-refractivity contribution is 5.93. The van der Waals surface area contributed by atoms with Crippen LogP contribution in [0.25, 0.3) is 0 Å². The number of Topliss-reactive ketones (excluding diaryl/α,β-unsaturated/α-hetero) is 1. The van der Waals surface area contributed by atoms with Gasteiger partial charge in [-0.05, 0) is 69.9 Å². The number of carbonyl (C=O) groups excluding carboxylic acids is 3. The molecule has 0 aromatic carbocycles. The molecule has 0 aromatic heterocycles. The molecule has 10 atom stereocenters. The molecule has 10 heteroatoms. The minimum absolute atomic E-state index is 0.0353. The van der Waals surface area contributed by atoms with E-state index in [0.717, 1.165) is 44.7 Å². The second-order valence-corrected chi connectivity index (χ2v) is 13.9. The Labute approximate surface area is 241 Å². The first kappa shape index (κ1) is 32.0. The molecule has 0 aromatic rings. The molecule has 4 fully saturated rings. The first-order valence-electron chi connectivity index (χ1n) is 15.0. The van der Waals surface area contributed by atoms with Crippen LogP contribution < -0.4 is 5.32 Å². The summed E-state index contributed by atoms with van der Waals surface area (Å²) in [4.78, 5) is 42.8. The number of alkyl carbamates (subject to hydrolysis) is 1. The summed E-state index contributed by atoms with van der Waals surface area (Å²) >= 11 is 0. The topological polar surface area (TPSA) is 84.9 Å². The lowest BCUT2D eigenvalue weighted by Crippen LogP contribution is -2.63. The number of likely N-dealkylation sites (tertiary alicyclic amines) is 1. The van der Waals surface area contributed by atoms with Crippen molar-refractivity contribution in [2.75, 3.05) is 27.2 Å². The number of nitrogens with zero attached hydrogens (tertiary/aromatic N) is 1. The second kappa shape index (κ2) is 11.3. The average Bonchev–Trinajstić information content (AvgIpc) is 3.29. The van der Waals surface area contributed by atoms with Crippen LogP contribution >= 0.6 is 0 Å². The summed E-state index contributed by atoms with van der Waals surface area (Å²) in [6.07, 6.45) is -1.83. The maximum absolute atomic E-state index is 14.2. The molecule has 3 saturated carbocycles. The fraction of sp³-hybridized carbons (Fsp3) is 0.839. The molecule has 0 spiro atoms. The number of hydrogen-bond donors (Lipinski definition) is 1. The third-order valence-corrected chi connectivity index (χ3v) is 11.7. The predicted octanol–water partition coefficient (Wildman–Crippen LogP) is 5.78. The Bertz CT molecular complexity index is 1060. The van der Waals surface area contributed by atoms with E-state index in [9.17, 15) is 27.6 Å². The van der Waals surface area contributed by atoms with Gasteiger partial charge in [-0.15, -0.1) is 0 Å². The van der Waals surface area contributed by atoms with Gasteiger partial charge in [-0.3, -0.25) is 14.9 Å². The monoisotopic (exact) mass is 584 g/mol. The molecule has 41 heavy (non-hydrogen) atoms. The van der Waals surface area contributed by atoms with Crippen LogP contribution in [-0.4, -0.2) is 68.3 Å². The molecule has 7 nitrogen and oxygen atoms in total. The Hall–Kier alpha value is -1.94. The van der Waals surface area contributed by atoms with Crippen LogP contribution in [0.5, 0.6) is 0 Å². The number of imide groups is 1. The molecular weight excluding hydrogens is 537 g/mol. The maximum Gasteiger partial charge on any atom is 0.414 e. The average molecular weight is 585 g/mol. The van der Waals surface area contributed by atoms with Gasteiger partial charge in [0.05, 0.1) is 12.0 Å². The van der Waals surface area contributed by atoms with Gasteiger partial charge < -0.3 is 14.4 Å². The van der Waals surface area contributed by atoms with Crippen LogP contribution in [0.3, 0.4) is 0 Å². The molecule has 0 radical (unpaired) electrons. The number of ketones is 1. The van der Waals surface area contributed by atoms with Gasteiger partial charge in [-0.2, -0.15) is 13.2 Å². The smallest absolute Gasteiger partial charge is 0.414 e. The van der Waals surface area contributed by atoms with E-state index in [1.807, 2.05) is 32.7 Å². The number of methoxy groups -OCH3 is 1. The summed E-state index contributed by atoms with van der Waals surface area (Å²) in [5, 5.41) is 2.44. The lowest BCUT2D eigenvalue weighted by atomic mass is 9.44. The van der Waals surface area contributed by atoms with Gasteiger partial charge in [-0.25, -0.2) is 4.79 Å². The predicted molar refractivity (Wildman–Crippen MR) is 148 cm³/mol. The van der Waals surface area contributed by atoms with Gasteiger partial charge in [0, 0.05) is 48.8 Å².